The number of pyridine rings is 1. The molecule has 1 aliphatic carbocycles. The van der Waals surface area contributed by atoms with Crippen LogP contribution >= 0.6 is 0 Å². The van der Waals surface area contributed by atoms with Crippen LogP contribution in [0.15, 0.2) is 48.5 Å². The number of halogens is 1. The lowest BCUT2D eigenvalue weighted by atomic mass is 9.86. The molecule has 6 nitrogen and oxygen atoms in total. The molecule has 0 N–H and O–H groups in total. The number of carbonyl (C=O) groups is 2. The summed E-state index contributed by atoms with van der Waals surface area (Å²) < 4.78 is 18.8. The van der Waals surface area contributed by atoms with Crippen molar-refractivity contribution in [2.24, 2.45) is 0 Å². The molecule has 1 aliphatic rings. The van der Waals surface area contributed by atoms with Gasteiger partial charge in [0.25, 0.3) is 5.91 Å². The molecule has 1 heterocycles. The number of aromatic nitrogens is 1. The van der Waals surface area contributed by atoms with Gasteiger partial charge < -0.3 is 9.64 Å². The van der Waals surface area contributed by atoms with E-state index in [2.05, 4.69) is 0 Å². The lowest BCUT2D eigenvalue weighted by molar-refractivity contribution is -0.133. The molecule has 0 bridgehead atoms. The van der Waals surface area contributed by atoms with Gasteiger partial charge in [-0.3, -0.25) is 4.79 Å². The van der Waals surface area contributed by atoms with Gasteiger partial charge in [0.2, 0.25) is 0 Å². The van der Waals surface area contributed by atoms with Crippen LogP contribution in [0.25, 0.3) is 22.6 Å². The highest BCUT2D eigenvalue weighted by Crippen LogP contribution is 2.36. The number of rotatable bonds is 6. The van der Waals surface area contributed by atoms with Crippen molar-refractivity contribution in [2.45, 2.75) is 25.7 Å². The molecule has 0 atom stereocenters. The molecule has 0 radical (unpaired) electrons. The molecule has 3 aromatic rings. The molecule has 1 amide bonds. The van der Waals surface area contributed by atoms with E-state index in [4.69, 9.17) is 15.0 Å². The number of amides is 1. The lowest BCUT2D eigenvalue weighted by Gasteiger charge is -2.23. The number of benzene rings is 2. The number of hydrogen-bond acceptors (Lipinski definition) is 5. The predicted octanol–water partition coefficient (Wildman–Crippen LogP) is 4.78. The molecular weight excluding hydrogens is 433 g/mol. The van der Waals surface area contributed by atoms with E-state index in [0.29, 0.717) is 22.9 Å². The standard InChI is InChI=1S/C27H24FN3O3/c1-31(15-5-14-29)24(32)17-34-27(33)25-21-7-2-3-9-23(21)30-26-19(6-4-8-22(25)26)16-18-10-12-20(28)13-11-18/h2-3,7,9-13,16H,4-6,8,15,17H2,1H3/b19-16+. The number of ether oxygens (including phenoxy) is 1. The second-order valence-electron chi connectivity index (χ2n) is 8.21. The number of hydrogen-bond donors (Lipinski definition) is 0. The number of carbonyl (C=O) groups excluding carboxylic acids is 2. The number of esters is 1. The fourth-order valence-electron chi connectivity index (χ4n) is 4.12. The molecule has 0 spiro atoms. The number of nitriles is 1. The summed E-state index contributed by atoms with van der Waals surface area (Å²) in [6.07, 6.45) is 4.46. The fraction of sp³-hybridized carbons (Fsp3) is 0.259. The van der Waals surface area contributed by atoms with Crippen molar-refractivity contribution >= 4 is 34.4 Å². The maximum atomic E-state index is 13.3. The highest BCUT2D eigenvalue weighted by molar-refractivity contribution is 6.07. The first kappa shape index (κ1) is 23.1. The average molecular weight is 458 g/mol. The van der Waals surface area contributed by atoms with E-state index in [1.807, 2.05) is 36.4 Å². The SMILES string of the molecule is CN(CCC#N)C(=O)COC(=O)c1c2c(nc3ccccc13)/C(=C/c1ccc(F)cc1)CCC2. The first-order valence-electron chi connectivity index (χ1n) is 11.1. The van der Waals surface area contributed by atoms with Gasteiger partial charge in [0, 0.05) is 19.0 Å². The van der Waals surface area contributed by atoms with Crippen molar-refractivity contribution in [3.05, 3.63) is 76.7 Å². The molecule has 0 fully saturated rings. The van der Waals surface area contributed by atoms with E-state index in [-0.39, 0.29) is 24.7 Å². The van der Waals surface area contributed by atoms with Gasteiger partial charge in [-0.15, -0.1) is 0 Å². The van der Waals surface area contributed by atoms with Crippen LogP contribution in [0.1, 0.15) is 46.4 Å². The summed E-state index contributed by atoms with van der Waals surface area (Å²) in [6.45, 7) is -0.123. The van der Waals surface area contributed by atoms with Crippen molar-refractivity contribution in [2.75, 3.05) is 20.2 Å². The Balaban J connectivity index is 1.70. The van der Waals surface area contributed by atoms with Crippen molar-refractivity contribution in [1.29, 1.82) is 5.26 Å². The third kappa shape index (κ3) is 4.96. The third-order valence-electron chi connectivity index (χ3n) is 5.90. The molecule has 0 saturated heterocycles. The van der Waals surface area contributed by atoms with Crippen LogP contribution in [0, 0.1) is 17.1 Å². The molecule has 7 heteroatoms. The minimum atomic E-state index is -0.570. The number of likely N-dealkylation sites (N-methyl/N-ethyl adjacent to an activating group) is 1. The molecular formula is C27H24FN3O3. The number of para-hydroxylation sites is 1. The molecule has 0 aliphatic heterocycles. The molecule has 34 heavy (non-hydrogen) atoms. The van der Waals surface area contributed by atoms with Gasteiger partial charge in [0.05, 0.1) is 29.3 Å². The molecule has 0 unspecified atom stereocenters. The van der Waals surface area contributed by atoms with Crippen LogP contribution in [0.4, 0.5) is 4.39 Å². The van der Waals surface area contributed by atoms with Gasteiger partial charge in [0.15, 0.2) is 6.61 Å². The minimum Gasteiger partial charge on any atom is -0.452 e. The van der Waals surface area contributed by atoms with E-state index >= 15 is 0 Å². The molecule has 1 aromatic heterocycles. The third-order valence-corrected chi connectivity index (χ3v) is 5.90. The van der Waals surface area contributed by atoms with E-state index < -0.39 is 12.6 Å². The maximum absolute atomic E-state index is 13.3. The Morgan fingerprint density at radius 2 is 1.94 bits per heavy atom. The van der Waals surface area contributed by atoms with Gasteiger partial charge in [0.1, 0.15) is 5.82 Å². The Kier molecular flexibility index (Phi) is 6.98. The Bertz CT molecular complexity index is 1310. The van der Waals surface area contributed by atoms with Crippen LogP contribution in [-0.4, -0.2) is 42.0 Å². The van der Waals surface area contributed by atoms with Crippen molar-refractivity contribution in [3.63, 3.8) is 0 Å². The monoisotopic (exact) mass is 457 g/mol. The van der Waals surface area contributed by atoms with E-state index in [1.165, 1.54) is 17.0 Å². The molecule has 2 aromatic carbocycles. The summed E-state index contributed by atoms with van der Waals surface area (Å²) >= 11 is 0. The highest BCUT2D eigenvalue weighted by atomic mass is 19.1. The van der Waals surface area contributed by atoms with Crippen LogP contribution in [0.3, 0.4) is 0 Å². The summed E-state index contributed by atoms with van der Waals surface area (Å²) in [5, 5.41) is 9.38. The largest absolute Gasteiger partial charge is 0.452 e. The zero-order chi connectivity index (χ0) is 24.1. The molecule has 4 rings (SSSR count). The van der Waals surface area contributed by atoms with Crippen molar-refractivity contribution in [3.8, 4) is 6.07 Å². The Hall–Kier alpha value is -4.05. The van der Waals surface area contributed by atoms with Crippen LogP contribution in [0.2, 0.25) is 0 Å². The minimum absolute atomic E-state index is 0.210. The van der Waals surface area contributed by atoms with Gasteiger partial charge in [-0.25, -0.2) is 14.2 Å². The fourth-order valence-corrected chi connectivity index (χ4v) is 4.12. The average Bonchev–Trinajstić information content (AvgIpc) is 2.85. The van der Waals surface area contributed by atoms with Crippen molar-refractivity contribution in [1.82, 2.24) is 9.88 Å². The van der Waals surface area contributed by atoms with Crippen LogP contribution in [-0.2, 0) is 16.0 Å². The highest BCUT2D eigenvalue weighted by Gasteiger charge is 2.26. The van der Waals surface area contributed by atoms with E-state index in [9.17, 15) is 14.0 Å². The first-order chi connectivity index (χ1) is 16.5. The zero-order valence-corrected chi connectivity index (χ0v) is 18.9. The van der Waals surface area contributed by atoms with Crippen LogP contribution in [0.5, 0.6) is 0 Å². The van der Waals surface area contributed by atoms with E-state index in [1.54, 1.807) is 19.2 Å². The summed E-state index contributed by atoms with van der Waals surface area (Å²) in [6, 6.07) is 15.6. The molecule has 0 saturated carbocycles. The second-order valence-corrected chi connectivity index (χ2v) is 8.21. The first-order valence-corrected chi connectivity index (χ1v) is 11.1. The summed E-state index contributed by atoms with van der Waals surface area (Å²) in [5.74, 6) is -1.24. The quantitative estimate of drug-likeness (QED) is 0.498. The van der Waals surface area contributed by atoms with Gasteiger partial charge >= 0.3 is 5.97 Å². The normalized spacial score (nSPS) is 13.9. The molecule has 172 valence electrons. The smallest absolute Gasteiger partial charge is 0.339 e. The number of nitrogens with zero attached hydrogens (tertiary/aromatic N) is 3. The Morgan fingerprint density at radius 3 is 2.71 bits per heavy atom. The van der Waals surface area contributed by atoms with Crippen LogP contribution < -0.4 is 0 Å². The zero-order valence-electron chi connectivity index (χ0n) is 18.9. The summed E-state index contributed by atoms with van der Waals surface area (Å²) in [5.41, 5.74) is 4.46. The number of allylic oxidation sites excluding steroid dienone is 1. The van der Waals surface area contributed by atoms with Gasteiger partial charge in [-0.1, -0.05) is 30.3 Å². The summed E-state index contributed by atoms with van der Waals surface area (Å²) in [4.78, 5) is 31.8. The predicted molar refractivity (Wildman–Crippen MR) is 127 cm³/mol. The lowest BCUT2D eigenvalue weighted by Crippen LogP contribution is -2.32. The van der Waals surface area contributed by atoms with E-state index in [0.717, 1.165) is 35.2 Å². The maximum Gasteiger partial charge on any atom is 0.339 e. The summed E-state index contributed by atoms with van der Waals surface area (Å²) in [7, 11) is 1.57. The van der Waals surface area contributed by atoms with Crippen molar-refractivity contribution < 1.29 is 18.7 Å². The second kappa shape index (κ2) is 10.3. The number of fused-ring (bicyclic) bond motifs is 2. The Labute approximate surface area is 197 Å². The topological polar surface area (TPSA) is 83.3 Å². The Morgan fingerprint density at radius 1 is 1.18 bits per heavy atom. The van der Waals surface area contributed by atoms with Gasteiger partial charge in [-0.05, 0) is 60.2 Å². The van der Waals surface area contributed by atoms with Gasteiger partial charge in [-0.2, -0.15) is 5.26 Å².